The molecule has 2 rings (SSSR count). The lowest BCUT2D eigenvalue weighted by molar-refractivity contribution is -0.139. The van der Waals surface area contributed by atoms with Crippen molar-refractivity contribution < 1.29 is 9.53 Å². The van der Waals surface area contributed by atoms with E-state index >= 15 is 0 Å². The molecule has 106 valence electrons. The number of rotatable bonds is 5. The highest BCUT2D eigenvalue weighted by atomic mass is 32.2. The highest BCUT2D eigenvalue weighted by Crippen LogP contribution is 2.30. The van der Waals surface area contributed by atoms with Crippen LogP contribution in [0.5, 0.6) is 0 Å². The van der Waals surface area contributed by atoms with Gasteiger partial charge in [-0.3, -0.25) is 4.79 Å². The molecule has 0 saturated heterocycles. The molecule has 1 aromatic heterocycles. The average molecular weight is 291 g/mol. The highest BCUT2D eigenvalue weighted by Gasteiger charge is 2.20. The second kappa shape index (κ2) is 6.56. The normalized spacial score (nSPS) is 13.8. The largest absolute Gasteiger partial charge is 0.468 e. The molecule has 0 aliphatic rings. The van der Waals surface area contributed by atoms with Crippen LogP contribution in [0.3, 0.4) is 0 Å². The Morgan fingerprint density at radius 2 is 2.00 bits per heavy atom. The Labute approximate surface area is 122 Å². The number of aromatic nitrogens is 3. The van der Waals surface area contributed by atoms with Crippen molar-refractivity contribution in [3.05, 3.63) is 42.2 Å². The van der Waals surface area contributed by atoms with Crippen molar-refractivity contribution >= 4 is 17.7 Å². The van der Waals surface area contributed by atoms with E-state index in [0.717, 1.165) is 11.4 Å². The Morgan fingerprint density at radius 1 is 1.30 bits per heavy atom. The maximum absolute atomic E-state index is 11.4. The smallest absolute Gasteiger partial charge is 0.318 e. The van der Waals surface area contributed by atoms with Gasteiger partial charge in [0.15, 0.2) is 0 Å². The number of hydrogen-bond acceptors (Lipinski definition) is 5. The average Bonchev–Trinajstić information content (AvgIpc) is 2.97. The topological polar surface area (TPSA) is 57.0 Å². The third-order valence-electron chi connectivity index (χ3n) is 2.89. The first-order valence-corrected chi connectivity index (χ1v) is 7.27. The molecule has 1 heterocycles. The molecule has 5 nitrogen and oxygen atoms in total. The van der Waals surface area contributed by atoms with E-state index in [-0.39, 0.29) is 16.5 Å². The molecule has 0 bridgehead atoms. The van der Waals surface area contributed by atoms with E-state index in [1.165, 1.54) is 18.9 Å². The summed E-state index contributed by atoms with van der Waals surface area (Å²) in [5.74, 6) is -0.225. The van der Waals surface area contributed by atoms with Crippen molar-refractivity contribution in [3.8, 4) is 5.69 Å². The van der Waals surface area contributed by atoms with Gasteiger partial charge >= 0.3 is 5.97 Å². The van der Waals surface area contributed by atoms with Gasteiger partial charge in [0.2, 0.25) is 0 Å². The lowest BCUT2D eigenvalue weighted by atomic mass is 10.3. The maximum Gasteiger partial charge on any atom is 0.318 e. The monoisotopic (exact) mass is 291 g/mol. The first-order valence-electron chi connectivity index (χ1n) is 6.32. The van der Waals surface area contributed by atoms with E-state index in [4.69, 9.17) is 4.74 Å². The Balaban J connectivity index is 2.07. The van der Waals surface area contributed by atoms with Gasteiger partial charge in [0.25, 0.3) is 0 Å². The molecule has 0 amide bonds. The van der Waals surface area contributed by atoms with Gasteiger partial charge in [-0.05, 0) is 26.0 Å². The minimum Gasteiger partial charge on any atom is -0.468 e. The molecule has 0 aliphatic carbocycles. The van der Waals surface area contributed by atoms with E-state index in [0.29, 0.717) is 0 Å². The number of thioether (sulfide) groups is 1. The minimum absolute atomic E-state index is 0.0709. The van der Waals surface area contributed by atoms with Crippen molar-refractivity contribution in [2.45, 2.75) is 24.3 Å². The number of methoxy groups -OCH3 is 1. The zero-order valence-electron chi connectivity index (χ0n) is 11.7. The van der Waals surface area contributed by atoms with E-state index in [2.05, 4.69) is 10.3 Å². The molecule has 0 radical (unpaired) electrons. The summed E-state index contributed by atoms with van der Waals surface area (Å²) in [5.41, 5.74) is 1.80. The summed E-state index contributed by atoms with van der Waals surface area (Å²) in [5, 5.41) is 8.13. The van der Waals surface area contributed by atoms with Crippen LogP contribution in [-0.2, 0) is 9.53 Å². The van der Waals surface area contributed by atoms with Gasteiger partial charge in [-0.1, -0.05) is 23.4 Å². The molecule has 2 atom stereocenters. The molecule has 20 heavy (non-hydrogen) atoms. The fraction of sp³-hybridized carbons (Fsp3) is 0.357. The van der Waals surface area contributed by atoms with Gasteiger partial charge in [-0.25, -0.2) is 4.68 Å². The number of esters is 1. The van der Waals surface area contributed by atoms with Crippen LogP contribution in [0.4, 0.5) is 0 Å². The number of ether oxygens (including phenoxy) is 1. The van der Waals surface area contributed by atoms with E-state index in [1.54, 1.807) is 4.68 Å². The van der Waals surface area contributed by atoms with Crippen LogP contribution in [0.15, 0.2) is 36.5 Å². The van der Waals surface area contributed by atoms with Crippen LogP contribution in [0.25, 0.3) is 5.69 Å². The summed E-state index contributed by atoms with van der Waals surface area (Å²) in [7, 11) is 1.40. The van der Waals surface area contributed by atoms with E-state index in [9.17, 15) is 4.79 Å². The first-order chi connectivity index (χ1) is 9.61. The molecule has 0 saturated carbocycles. The fourth-order valence-corrected chi connectivity index (χ4v) is 2.83. The standard InChI is InChI=1S/C14H17N3O2S/c1-10(20-11(2)14(18)19-3)13-9-17(16-15-13)12-7-5-4-6-8-12/h4-11H,1-3H3. The van der Waals surface area contributed by atoms with Gasteiger partial charge in [0.05, 0.1) is 24.7 Å². The summed E-state index contributed by atoms with van der Waals surface area (Å²) < 4.78 is 6.45. The van der Waals surface area contributed by atoms with Crippen LogP contribution < -0.4 is 0 Å². The summed E-state index contributed by atoms with van der Waals surface area (Å²) in [4.78, 5) is 11.4. The fourth-order valence-electron chi connectivity index (χ4n) is 1.77. The second-order valence-corrected chi connectivity index (χ2v) is 6.05. The molecule has 0 fully saturated rings. The predicted molar refractivity (Wildman–Crippen MR) is 78.8 cm³/mol. The van der Waals surface area contributed by atoms with Crippen LogP contribution in [0.1, 0.15) is 24.8 Å². The SMILES string of the molecule is COC(=O)C(C)SC(C)c1cn(-c2ccccc2)nn1. The third kappa shape index (κ3) is 3.39. The molecular formula is C14H17N3O2S. The second-order valence-electron chi connectivity index (χ2n) is 4.37. The van der Waals surface area contributed by atoms with Crippen LogP contribution >= 0.6 is 11.8 Å². The predicted octanol–water partition coefficient (Wildman–Crippen LogP) is 2.62. The molecule has 2 unspecified atom stereocenters. The first kappa shape index (κ1) is 14.6. The van der Waals surface area contributed by atoms with Crippen LogP contribution in [0, 0.1) is 0 Å². The third-order valence-corrected chi connectivity index (χ3v) is 4.14. The minimum atomic E-state index is -0.225. The Morgan fingerprint density at radius 3 is 2.65 bits per heavy atom. The molecule has 0 aliphatic heterocycles. The van der Waals surface area contributed by atoms with Gasteiger partial charge in [-0.2, -0.15) is 0 Å². The van der Waals surface area contributed by atoms with Gasteiger partial charge < -0.3 is 4.74 Å². The molecule has 0 N–H and O–H groups in total. The summed E-state index contributed by atoms with van der Waals surface area (Å²) in [6.45, 7) is 3.83. The lowest BCUT2D eigenvalue weighted by Gasteiger charge is -2.12. The summed E-state index contributed by atoms with van der Waals surface area (Å²) >= 11 is 1.50. The number of hydrogen-bond donors (Lipinski definition) is 0. The maximum atomic E-state index is 11.4. The summed E-state index contributed by atoms with van der Waals surface area (Å²) in [6, 6.07) is 9.79. The number of nitrogens with zero attached hydrogens (tertiary/aromatic N) is 3. The van der Waals surface area contributed by atoms with Gasteiger partial charge in [0.1, 0.15) is 5.25 Å². The highest BCUT2D eigenvalue weighted by molar-refractivity contribution is 8.00. The molecular weight excluding hydrogens is 274 g/mol. The number of carbonyl (C=O) groups is 1. The Hall–Kier alpha value is -1.82. The molecule has 2 aromatic rings. The molecule has 0 spiro atoms. The van der Waals surface area contributed by atoms with Crippen molar-refractivity contribution in [1.82, 2.24) is 15.0 Å². The summed E-state index contributed by atoms with van der Waals surface area (Å²) in [6.07, 6.45) is 1.89. The number of benzene rings is 1. The quantitative estimate of drug-likeness (QED) is 0.793. The van der Waals surface area contributed by atoms with Gasteiger partial charge in [-0.15, -0.1) is 16.9 Å². The Kier molecular flexibility index (Phi) is 4.79. The number of carbonyl (C=O) groups excluding carboxylic acids is 1. The van der Waals surface area contributed by atoms with Crippen molar-refractivity contribution in [2.75, 3.05) is 7.11 Å². The van der Waals surface area contributed by atoms with Crippen molar-refractivity contribution in [2.24, 2.45) is 0 Å². The zero-order chi connectivity index (χ0) is 14.5. The molecule has 6 heteroatoms. The van der Waals surface area contributed by atoms with Crippen molar-refractivity contribution in [1.29, 1.82) is 0 Å². The van der Waals surface area contributed by atoms with E-state index < -0.39 is 0 Å². The van der Waals surface area contributed by atoms with Crippen molar-refractivity contribution in [3.63, 3.8) is 0 Å². The Bertz CT molecular complexity index is 571. The molecule has 1 aromatic carbocycles. The lowest BCUT2D eigenvalue weighted by Crippen LogP contribution is -2.15. The van der Waals surface area contributed by atoms with Crippen LogP contribution in [0.2, 0.25) is 0 Å². The number of para-hydroxylation sites is 1. The van der Waals surface area contributed by atoms with E-state index in [1.807, 2.05) is 50.4 Å². The zero-order valence-corrected chi connectivity index (χ0v) is 12.5. The van der Waals surface area contributed by atoms with Gasteiger partial charge in [0, 0.05) is 5.25 Å². The van der Waals surface area contributed by atoms with Crippen LogP contribution in [-0.4, -0.2) is 33.3 Å².